The molecule has 1 amide bonds. The highest BCUT2D eigenvalue weighted by atomic mass is 32.1. The molecule has 6 rings (SSSR count). The van der Waals surface area contributed by atoms with Crippen LogP contribution >= 0.6 is 11.3 Å². The Morgan fingerprint density at radius 1 is 1.03 bits per heavy atom. The van der Waals surface area contributed by atoms with E-state index in [0.717, 1.165) is 16.0 Å². The predicted octanol–water partition coefficient (Wildman–Crippen LogP) is 5.26. The molecule has 38 heavy (non-hydrogen) atoms. The lowest BCUT2D eigenvalue weighted by Gasteiger charge is -2.23. The van der Waals surface area contributed by atoms with E-state index in [1.165, 1.54) is 16.2 Å². The molecule has 3 aromatic carbocycles. The second kappa shape index (κ2) is 9.18. The van der Waals surface area contributed by atoms with E-state index < -0.39 is 17.7 Å². The molecule has 4 aromatic rings. The van der Waals surface area contributed by atoms with Crippen LogP contribution in [0.2, 0.25) is 0 Å². The molecular weight excluding hydrogens is 504 g/mol. The summed E-state index contributed by atoms with van der Waals surface area (Å²) in [5.74, 6) is 0.284. The minimum absolute atomic E-state index is 0.00363. The summed E-state index contributed by atoms with van der Waals surface area (Å²) < 4.78 is 17.2. The highest BCUT2D eigenvalue weighted by molar-refractivity contribution is 7.22. The quantitative estimate of drug-likeness (QED) is 0.214. The first-order valence-corrected chi connectivity index (χ1v) is 12.9. The Labute approximate surface area is 222 Å². The van der Waals surface area contributed by atoms with Gasteiger partial charge in [-0.2, -0.15) is 0 Å². The van der Waals surface area contributed by atoms with Crippen molar-refractivity contribution < 1.29 is 28.9 Å². The molecule has 192 valence electrons. The Kier molecular flexibility index (Phi) is 5.80. The van der Waals surface area contributed by atoms with Crippen molar-refractivity contribution in [2.75, 3.05) is 19.1 Å². The molecule has 9 heteroatoms. The van der Waals surface area contributed by atoms with Gasteiger partial charge in [0.1, 0.15) is 29.1 Å². The van der Waals surface area contributed by atoms with E-state index in [-0.39, 0.29) is 17.4 Å². The van der Waals surface area contributed by atoms with Gasteiger partial charge in [0, 0.05) is 12.0 Å². The van der Waals surface area contributed by atoms with Gasteiger partial charge >= 0.3 is 5.91 Å². The van der Waals surface area contributed by atoms with Gasteiger partial charge in [0.2, 0.25) is 0 Å². The zero-order chi connectivity index (χ0) is 26.6. The third-order valence-electron chi connectivity index (χ3n) is 6.84. The normalized spacial score (nSPS) is 20.0. The number of methoxy groups -OCH3 is 2. The molecule has 8 nitrogen and oxygen atoms in total. The van der Waals surface area contributed by atoms with Crippen molar-refractivity contribution in [2.24, 2.45) is 0 Å². The number of aromatic nitrogens is 1. The van der Waals surface area contributed by atoms with Crippen molar-refractivity contribution >= 4 is 44.1 Å². The van der Waals surface area contributed by atoms with E-state index in [1.54, 1.807) is 62.8 Å². The van der Waals surface area contributed by atoms with Crippen LogP contribution < -0.4 is 19.1 Å². The van der Waals surface area contributed by atoms with Crippen molar-refractivity contribution in [1.29, 1.82) is 0 Å². The number of aliphatic hydroxyl groups excluding tert-OH is 1. The van der Waals surface area contributed by atoms with Crippen molar-refractivity contribution in [1.82, 2.24) is 4.98 Å². The Morgan fingerprint density at radius 2 is 1.76 bits per heavy atom. The minimum atomic E-state index is -0.883. The summed E-state index contributed by atoms with van der Waals surface area (Å²) in [6, 6.07) is 16.9. The van der Waals surface area contributed by atoms with Crippen LogP contribution in [0.3, 0.4) is 0 Å². The molecule has 0 spiro atoms. The fraction of sp³-hybridized carbons (Fsp3) is 0.207. The number of anilines is 1. The number of hydrogen-bond donors (Lipinski definition) is 1. The third kappa shape index (κ3) is 3.86. The van der Waals surface area contributed by atoms with Crippen LogP contribution in [0.1, 0.15) is 29.7 Å². The number of benzene rings is 3. The molecule has 0 saturated carbocycles. The lowest BCUT2D eigenvalue weighted by molar-refractivity contribution is -0.132. The number of fused-ring (bicyclic) bond motifs is 2. The molecule has 0 aliphatic carbocycles. The van der Waals surface area contributed by atoms with Gasteiger partial charge < -0.3 is 19.3 Å². The summed E-state index contributed by atoms with van der Waals surface area (Å²) in [5.41, 5.74) is 2.71. The monoisotopic (exact) mass is 528 g/mol. The summed E-state index contributed by atoms with van der Waals surface area (Å²) in [5, 5.41) is 11.8. The van der Waals surface area contributed by atoms with E-state index in [2.05, 4.69) is 4.98 Å². The number of carbonyl (C=O) groups is 2. The van der Waals surface area contributed by atoms with Crippen LogP contribution in [0.4, 0.5) is 5.13 Å². The van der Waals surface area contributed by atoms with E-state index in [0.29, 0.717) is 39.7 Å². The molecule has 2 aliphatic rings. The van der Waals surface area contributed by atoms with Gasteiger partial charge in [0.05, 0.1) is 36.1 Å². The number of Topliss-reactive ketones (excluding diaryl/α,β-unsaturated/α-hetero) is 1. The first kappa shape index (κ1) is 24.0. The molecule has 2 aliphatic heterocycles. The highest BCUT2D eigenvalue weighted by Gasteiger charge is 2.48. The molecule has 1 aromatic heterocycles. The molecule has 1 fully saturated rings. The van der Waals surface area contributed by atoms with Crippen LogP contribution in [0.25, 0.3) is 16.0 Å². The standard InChI is InChI=1S/C29H24N2O6S/c1-15-12-18-13-17(6-11-22(18)37-15)26(32)24-25(16-4-7-19(35-2)8-5-16)31(28(34)27(24)33)29-30-21-10-9-20(36-3)14-23(21)38-29/h4-11,13-15,25,32H,12H2,1-3H3/t15-,25+/m0/s1. The smallest absolute Gasteiger partial charge is 0.301 e. The van der Waals surface area contributed by atoms with E-state index in [1.807, 2.05) is 19.1 Å². The van der Waals surface area contributed by atoms with Crippen molar-refractivity contribution in [2.45, 2.75) is 25.5 Å². The number of ketones is 1. The molecule has 1 N–H and O–H groups in total. The molecule has 3 heterocycles. The van der Waals surface area contributed by atoms with Gasteiger partial charge in [0.25, 0.3) is 5.78 Å². The van der Waals surface area contributed by atoms with Gasteiger partial charge in [0.15, 0.2) is 5.13 Å². The SMILES string of the molecule is COc1ccc([C@@H]2C(=C(O)c3ccc4c(c3)C[C@H](C)O4)C(=O)C(=O)N2c2nc3ccc(OC)cc3s2)cc1. The molecule has 2 atom stereocenters. The number of ether oxygens (including phenoxy) is 3. The fourth-order valence-electron chi connectivity index (χ4n) is 4.98. The van der Waals surface area contributed by atoms with E-state index >= 15 is 0 Å². The maximum Gasteiger partial charge on any atom is 0.301 e. The highest BCUT2D eigenvalue weighted by Crippen LogP contribution is 2.45. The lowest BCUT2D eigenvalue weighted by atomic mass is 9.94. The number of nitrogens with zero attached hydrogens (tertiary/aromatic N) is 2. The Hall–Kier alpha value is -4.37. The maximum absolute atomic E-state index is 13.5. The zero-order valence-corrected chi connectivity index (χ0v) is 21.7. The number of hydrogen-bond acceptors (Lipinski definition) is 8. The van der Waals surface area contributed by atoms with Crippen LogP contribution in [-0.2, 0) is 16.0 Å². The van der Waals surface area contributed by atoms with Gasteiger partial charge in [-0.3, -0.25) is 14.5 Å². The first-order valence-electron chi connectivity index (χ1n) is 12.1. The number of aliphatic hydroxyl groups is 1. The average Bonchev–Trinajstić information content (AvgIpc) is 3.60. The predicted molar refractivity (Wildman–Crippen MR) is 144 cm³/mol. The van der Waals surface area contributed by atoms with Crippen molar-refractivity contribution in [3.05, 3.63) is 82.9 Å². The summed E-state index contributed by atoms with van der Waals surface area (Å²) in [7, 11) is 3.14. The molecule has 0 radical (unpaired) electrons. The summed E-state index contributed by atoms with van der Waals surface area (Å²) >= 11 is 1.28. The van der Waals surface area contributed by atoms with Gasteiger partial charge in [-0.1, -0.05) is 23.5 Å². The zero-order valence-electron chi connectivity index (χ0n) is 20.9. The number of thiazole rings is 1. The third-order valence-corrected chi connectivity index (χ3v) is 7.85. The van der Waals surface area contributed by atoms with Crippen LogP contribution in [0.15, 0.2) is 66.2 Å². The van der Waals surface area contributed by atoms with Crippen LogP contribution in [0, 0.1) is 0 Å². The number of rotatable bonds is 5. The van der Waals surface area contributed by atoms with Crippen LogP contribution in [-0.4, -0.2) is 42.1 Å². The Bertz CT molecular complexity index is 1620. The fourth-order valence-corrected chi connectivity index (χ4v) is 6.00. The lowest BCUT2D eigenvalue weighted by Crippen LogP contribution is -2.29. The second-order valence-corrected chi connectivity index (χ2v) is 10.2. The summed E-state index contributed by atoms with van der Waals surface area (Å²) in [6.45, 7) is 1.97. The number of carbonyl (C=O) groups excluding carboxylic acids is 2. The largest absolute Gasteiger partial charge is 0.507 e. The van der Waals surface area contributed by atoms with Crippen LogP contribution in [0.5, 0.6) is 17.2 Å². The average molecular weight is 529 g/mol. The van der Waals surface area contributed by atoms with E-state index in [9.17, 15) is 14.7 Å². The Balaban J connectivity index is 1.52. The topological polar surface area (TPSA) is 98.2 Å². The Morgan fingerprint density at radius 3 is 2.50 bits per heavy atom. The molecule has 1 saturated heterocycles. The van der Waals surface area contributed by atoms with Gasteiger partial charge in [-0.25, -0.2) is 4.98 Å². The molecule has 0 unspecified atom stereocenters. The molecule has 0 bridgehead atoms. The molecular formula is C29H24N2O6S. The number of amides is 1. The van der Waals surface area contributed by atoms with E-state index in [4.69, 9.17) is 14.2 Å². The van der Waals surface area contributed by atoms with Crippen molar-refractivity contribution in [3.63, 3.8) is 0 Å². The minimum Gasteiger partial charge on any atom is -0.507 e. The maximum atomic E-state index is 13.5. The van der Waals surface area contributed by atoms with Gasteiger partial charge in [-0.15, -0.1) is 0 Å². The summed E-state index contributed by atoms with van der Waals surface area (Å²) in [4.78, 5) is 33.1. The second-order valence-electron chi connectivity index (χ2n) is 9.23. The summed E-state index contributed by atoms with van der Waals surface area (Å²) in [6.07, 6.45) is 0.729. The van der Waals surface area contributed by atoms with Crippen molar-refractivity contribution in [3.8, 4) is 17.2 Å². The first-order chi connectivity index (χ1) is 18.4. The van der Waals surface area contributed by atoms with Gasteiger partial charge in [-0.05, 0) is 66.6 Å².